The molecule has 0 fully saturated rings. The second-order valence-electron chi connectivity index (χ2n) is 17.3. The summed E-state index contributed by atoms with van der Waals surface area (Å²) in [5.74, 6) is 1.35. The average Bonchev–Trinajstić information content (AvgIpc) is 4.12. The lowest BCUT2D eigenvalue weighted by Gasteiger charge is -2.25. The van der Waals surface area contributed by atoms with Crippen molar-refractivity contribution in [1.29, 1.82) is 0 Å². The maximum absolute atomic E-state index is 6.71. The van der Waals surface area contributed by atoms with E-state index in [2.05, 4.69) is 190 Å². The van der Waals surface area contributed by atoms with Crippen LogP contribution in [0.4, 0.5) is 0 Å². The predicted molar refractivity (Wildman–Crippen MR) is 271 cm³/mol. The smallest absolute Gasteiger partial charge is 0.211 e. The minimum Gasteiger partial charge on any atom is -0.456 e. The Bertz CT molecular complexity index is 4320. The van der Waals surface area contributed by atoms with E-state index in [0.717, 1.165) is 93.5 Å². The van der Waals surface area contributed by atoms with Crippen molar-refractivity contribution in [2.75, 3.05) is 0 Å². The van der Waals surface area contributed by atoms with Gasteiger partial charge in [0.25, 0.3) is 0 Å². The molecule has 1 aliphatic heterocycles. The number of hydrogen-bond acceptors (Lipinski definition) is 5. The fraction of sp³-hybridized carbons (Fsp3) is 0.0169. The normalized spacial score (nSPS) is 14.5. The number of rotatable bonds is 3. The topological polar surface area (TPSA) is 72.9 Å². The van der Waals surface area contributed by atoms with E-state index in [1.54, 1.807) is 0 Å². The van der Waals surface area contributed by atoms with Crippen LogP contribution in [-0.2, 0) is 0 Å². The van der Waals surface area contributed by atoms with Gasteiger partial charge in [0, 0.05) is 54.2 Å². The van der Waals surface area contributed by atoms with Crippen molar-refractivity contribution >= 4 is 121 Å². The van der Waals surface area contributed by atoms with Crippen LogP contribution in [0.25, 0.3) is 115 Å². The number of nitrogens with one attached hydrogen (secondary N) is 1. The van der Waals surface area contributed by atoms with Gasteiger partial charge in [0.15, 0.2) is 6.17 Å². The maximum Gasteiger partial charge on any atom is 0.211 e. The first-order valence-electron chi connectivity index (χ1n) is 22.3. The van der Waals surface area contributed by atoms with Gasteiger partial charge in [-0.25, -0.2) is 9.98 Å². The van der Waals surface area contributed by atoms with E-state index < -0.39 is 6.17 Å². The number of para-hydroxylation sites is 4. The van der Waals surface area contributed by atoms with Crippen LogP contribution in [0.1, 0.15) is 17.3 Å². The molecule has 5 heterocycles. The number of amidine groups is 1. The summed E-state index contributed by atoms with van der Waals surface area (Å²) in [7, 11) is 0. The zero-order valence-electron chi connectivity index (χ0n) is 35.2. The molecule has 7 heteroatoms. The minimum atomic E-state index is -0.726. The van der Waals surface area contributed by atoms with E-state index in [4.69, 9.17) is 18.8 Å². The van der Waals surface area contributed by atoms with Crippen molar-refractivity contribution in [2.45, 2.75) is 6.17 Å². The molecule has 0 amide bonds. The summed E-state index contributed by atoms with van der Waals surface area (Å²) in [6, 6.07) is 70.9. The van der Waals surface area contributed by atoms with Crippen LogP contribution in [0.3, 0.4) is 0 Å². The molecule has 0 saturated carbocycles. The summed E-state index contributed by atoms with van der Waals surface area (Å²) in [4.78, 5) is 11.4. The van der Waals surface area contributed by atoms with E-state index in [1.165, 1.54) is 32.3 Å². The van der Waals surface area contributed by atoms with Crippen LogP contribution in [0.2, 0.25) is 0 Å². The molecule has 0 aliphatic carbocycles. The van der Waals surface area contributed by atoms with Crippen molar-refractivity contribution in [2.24, 2.45) is 9.98 Å². The Morgan fingerprint density at radius 1 is 0.379 bits per heavy atom. The Kier molecular flexibility index (Phi) is 7.15. The molecule has 4 aromatic heterocycles. The molecule has 1 N–H and O–H groups in total. The number of aliphatic imine (C=N–C) groups is 2. The second-order valence-corrected chi connectivity index (χ2v) is 17.3. The van der Waals surface area contributed by atoms with Gasteiger partial charge in [-0.3, -0.25) is 4.57 Å². The summed E-state index contributed by atoms with van der Waals surface area (Å²) in [6.45, 7) is 0. The quantitative estimate of drug-likeness (QED) is 0.192. The predicted octanol–water partition coefficient (Wildman–Crippen LogP) is 14.9. The van der Waals surface area contributed by atoms with Crippen LogP contribution in [0, 0.1) is 0 Å². The first-order chi connectivity index (χ1) is 32.7. The number of fused-ring (bicyclic) bond motifs is 14. The number of aromatic nitrogens is 2. The van der Waals surface area contributed by atoms with Gasteiger partial charge in [-0.15, -0.1) is 0 Å². The Labute approximate surface area is 375 Å². The third kappa shape index (κ3) is 5.02. The molecule has 7 nitrogen and oxygen atoms in total. The second kappa shape index (κ2) is 13.3. The molecule has 0 spiro atoms. The van der Waals surface area contributed by atoms with Crippen LogP contribution in [0.5, 0.6) is 0 Å². The van der Waals surface area contributed by atoms with Gasteiger partial charge in [-0.2, -0.15) is 0 Å². The monoisotopic (exact) mass is 845 g/mol. The van der Waals surface area contributed by atoms with E-state index in [9.17, 15) is 0 Å². The maximum atomic E-state index is 6.71. The standard InChI is InChI=1S/C59H35N5O2/c1-3-15-36-31-49-44(29-34(36)13-1)45-30-35-14-2-4-16-37(35)32-50(45)63(49)48-27-28-53-55(43-20-8-12-24-52(43)65-53)56(48)58-60-57(38-25-26-42-41-19-7-11-23-51(41)66-54(42)33-38)61-59(62-58)64-46-21-9-5-17-39(46)40-18-6-10-22-47(40)64/h1-33,58H,(H,60,61,62). The first kappa shape index (κ1) is 35.5. The van der Waals surface area contributed by atoms with Crippen molar-refractivity contribution < 1.29 is 8.83 Å². The Hall–Kier alpha value is -8.94. The van der Waals surface area contributed by atoms with Gasteiger partial charge in [0.05, 0.1) is 27.8 Å². The highest BCUT2D eigenvalue weighted by molar-refractivity contribution is 6.21. The minimum absolute atomic E-state index is 0.669. The molecule has 308 valence electrons. The third-order valence-corrected chi connectivity index (χ3v) is 13.7. The summed E-state index contributed by atoms with van der Waals surface area (Å²) >= 11 is 0. The number of nitrogens with zero attached hydrogens (tertiary/aromatic N) is 4. The molecule has 1 unspecified atom stereocenters. The van der Waals surface area contributed by atoms with Gasteiger partial charge in [-0.1, -0.05) is 127 Å². The van der Waals surface area contributed by atoms with Gasteiger partial charge in [-0.05, 0) is 94.3 Å². The Balaban J connectivity index is 1.08. The zero-order chi connectivity index (χ0) is 43.0. The summed E-state index contributed by atoms with van der Waals surface area (Å²) in [6.07, 6.45) is -0.726. The molecule has 10 aromatic carbocycles. The van der Waals surface area contributed by atoms with Crippen molar-refractivity contribution in [1.82, 2.24) is 14.5 Å². The molecular formula is C59H35N5O2. The highest BCUT2D eigenvalue weighted by Gasteiger charge is 2.30. The molecule has 0 bridgehead atoms. The average molecular weight is 846 g/mol. The first-order valence-corrected chi connectivity index (χ1v) is 22.3. The number of furan rings is 2. The summed E-state index contributed by atoms with van der Waals surface area (Å²) in [5.41, 5.74) is 10.3. The van der Waals surface area contributed by atoms with E-state index in [-0.39, 0.29) is 0 Å². The van der Waals surface area contributed by atoms with Crippen molar-refractivity contribution in [3.8, 4) is 5.69 Å². The lowest BCUT2D eigenvalue weighted by molar-refractivity contribution is 0.667. The molecule has 1 atom stereocenters. The van der Waals surface area contributed by atoms with Gasteiger partial charge in [0.1, 0.15) is 28.2 Å². The molecular weight excluding hydrogens is 811 g/mol. The van der Waals surface area contributed by atoms with E-state index in [0.29, 0.717) is 11.8 Å². The summed E-state index contributed by atoms with van der Waals surface area (Å²) < 4.78 is 17.9. The Morgan fingerprint density at radius 2 is 0.909 bits per heavy atom. The molecule has 1 aliphatic rings. The molecule has 14 aromatic rings. The number of hydrogen-bond donors (Lipinski definition) is 1. The highest BCUT2D eigenvalue weighted by atomic mass is 16.3. The molecule has 66 heavy (non-hydrogen) atoms. The third-order valence-electron chi connectivity index (χ3n) is 13.7. The fourth-order valence-electron chi connectivity index (χ4n) is 10.8. The zero-order valence-corrected chi connectivity index (χ0v) is 35.2. The van der Waals surface area contributed by atoms with Crippen molar-refractivity contribution in [3.05, 3.63) is 211 Å². The fourth-order valence-corrected chi connectivity index (χ4v) is 10.8. The van der Waals surface area contributed by atoms with Crippen molar-refractivity contribution in [3.63, 3.8) is 0 Å². The SMILES string of the molecule is c1ccc2cc3c(cc2c1)c1cc2ccccc2cc1n3-c1ccc2oc3ccccc3c2c1C1N=C(c2ccc3c(c2)oc2ccccc23)NC(n2c3ccccc3c3ccccc32)=N1. The highest BCUT2D eigenvalue weighted by Crippen LogP contribution is 2.45. The van der Waals surface area contributed by atoms with E-state index in [1.807, 2.05) is 24.3 Å². The lowest BCUT2D eigenvalue weighted by Crippen LogP contribution is -2.39. The van der Waals surface area contributed by atoms with Gasteiger partial charge in [0.2, 0.25) is 5.96 Å². The largest absolute Gasteiger partial charge is 0.456 e. The Morgan fingerprint density at radius 3 is 1.58 bits per heavy atom. The molecule has 15 rings (SSSR count). The van der Waals surface area contributed by atoms with Gasteiger partial charge >= 0.3 is 0 Å². The van der Waals surface area contributed by atoms with E-state index >= 15 is 0 Å². The number of benzene rings is 10. The van der Waals surface area contributed by atoms with Crippen LogP contribution in [-0.4, -0.2) is 20.9 Å². The lowest BCUT2D eigenvalue weighted by atomic mass is 10.0. The molecule has 0 saturated heterocycles. The van der Waals surface area contributed by atoms with Crippen LogP contribution < -0.4 is 5.32 Å². The molecule has 0 radical (unpaired) electrons. The van der Waals surface area contributed by atoms with Crippen LogP contribution >= 0.6 is 0 Å². The summed E-state index contributed by atoms with van der Waals surface area (Å²) in [5, 5.41) is 17.3. The van der Waals surface area contributed by atoms with Crippen LogP contribution in [0.15, 0.2) is 219 Å². The van der Waals surface area contributed by atoms with Gasteiger partial charge < -0.3 is 18.7 Å².